The van der Waals surface area contributed by atoms with Crippen molar-refractivity contribution in [1.29, 1.82) is 0 Å². The molecular weight excluding hydrogens is 595 g/mol. The van der Waals surface area contributed by atoms with Gasteiger partial charge in [0.1, 0.15) is 23.4 Å². The van der Waals surface area contributed by atoms with E-state index in [1.54, 1.807) is 20.8 Å². The Bertz CT molecular complexity index is 1210. The topological polar surface area (TPSA) is 77.0 Å². The van der Waals surface area contributed by atoms with Gasteiger partial charge in [-0.3, -0.25) is 4.90 Å². The fourth-order valence-electron chi connectivity index (χ4n) is 4.72. The van der Waals surface area contributed by atoms with Crippen LogP contribution in [-0.2, 0) is 10.9 Å². The third kappa shape index (κ3) is 6.82. The standard InChI is InChI=1S/C18H18BrF4N3O4.C7H12FN/c1-17(2,3)30-16(27)26-6-8(7-26)29-14-9-5-10(18(21,22)23)11(19)12(20)13(9)24-15(25-14)28-4;8-6-4-7-2-1-3-9(7)5-6/h5,8H,6-7H2,1-4H3;6-7H,1-5H2. The van der Waals surface area contributed by atoms with E-state index < -0.39 is 46.0 Å². The van der Waals surface area contributed by atoms with Crippen molar-refractivity contribution >= 4 is 32.9 Å². The number of carbonyl (C=O) groups excluding carboxylic acids is 1. The highest BCUT2D eigenvalue weighted by Crippen LogP contribution is 2.41. The molecule has 3 aliphatic heterocycles. The Hall–Kier alpha value is -2.48. The summed E-state index contributed by atoms with van der Waals surface area (Å²) in [6.07, 6.45) is -3.11. The number of methoxy groups -OCH3 is 1. The SMILES string of the molecule is COc1nc(OC2CN(C(=O)OC(C)(C)C)C2)c2cc(C(F)(F)F)c(Br)c(F)c2n1.FC1CC2CCCN2C1. The summed E-state index contributed by atoms with van der Waals surface area (Å²) in [5, 5.41) is -0.264. The van der Waals surface area contributed by atoms with Gasteiger partial charge >= 0.3 is 18.3 Å². The van der Waals surface area contributed by atoms with Gasteiger partial charge < -0.3 is 19.1 Å². The first-order chi connectivity index (χ1) is 18.2. The van der Waals surface area contributed by atoms with E-state index in [4.69, 9.17) is 14.2 Å². The molecule has 0 bridgehead atoms. The van der Waals surface area contributed by atoms with Crippen molar-refractivity contribution in [2.24, 2.45) is 0 Å². The molecule has 2 atom stereocenters. The van der Waals surface area contributed by atoms with E-state index >= 15 is 0 Å². The summed E-state index contributed by atoms with van der Waals surface area (Å²) in [6, 6.07) is 1.05. The first kappa shape index (κ1) is 29.5. The van der Waals surface area contributed by atoms with E-state index in [2.05, 4.69) is 30.8 Å². The van der Waals surface area contributed by atoms with Crippen LogP contribution in [0.5, 0.6) is 11.9 Å². The number of nitrogens with zero attached hydrogens (tertiary/aromatic N) is 4. The van der Waals surface area contributed by atoms with Crippen LogP contribution in [-0.4, -0.2) is 83.1 Å². The molecule has 3 saturated heterocycles. The van der Waals surface area contributed by atoms with Crippen LogP contribution in [0.1, 0.15) is 45.6 Å². The predicted octanol–water partition coefficient (Wildman–Crippen LogP) is 5.75. The van der Waals surface area contributed by atoms with Crippen LogP contribution in [0, 0.1) is 5.82 Å². The fourth-order valence-corrected chi connectivity index (χ4v) is 5.24. The van der Waals surface area contributed by atoms with Gasteiger partial charge in [-0.15, -0.1) is 0 Å². The third-order valence-electron chi connectivity index (χ3n) is 6.54. The average Bonchev–Trinajstić information content (AvgIpc) is 3.37. The molecule has 0 aliphatic carbocycles. The number of ether oxygens (including phenoxy) is 3. The molecule has 2 aromatic rings. The molecule has 1 aromatic carbocycles. The monoisotopic (exact) mass is 624 g/mol. The number of hydrogen-bond donors (Lipinski definition) is 0. The van der Waals surface area contributed by atoms with Gasteiger partial charge in [0.15, 0.2) is 5.82 Å². The molecule has 216 valence electrons. The molecule has 8 nitrogen and oxygen atoms in total. The first-order valence-electron chi connectivity index (χ1n) is 12.5. The number of carbonyl (C=O) groups is 1. The van der Waals surface area contributed by atoms with Gasteiger partial charge in [0.25, 0.3) is 0 Å². The molecule has 0 spiro atoms. The molecule has 0 saturated carbocycles. The maximum atomic E-state index is 14.6. The van der Waals surface area contributed by atoms with Crippen LogP contribution in [0.25, 0.3) is 10.9 Å². The Labute approximate surface area is 230 Å². The average molecular weight is 625 g/mol. The number of fused-ring (bicyclic) bond motifs is 2. The van der Waals surface area contributed by atoms with Crippen molar-refractivity contribution in [2.45, 2.75) is 70.1 Å². The Morgan fingerprint density at radius 2 is 1.85 bits per heavy atom. The number of likely N-dealkylation sites (tertiary alicyclic amines) is 1. The maximum Gasteiger partial charge on any atom is 0.417 e. The molecule has 5 rings (SSSR count). The minimum Gasteiger partial charge on any atom is -0.470 e. The summed E-state index contributed by atoms with van der Waals surface area (Å²) < 4.78 is 82.1. The van der Waals surface area contributed by atoms with Crippen LogP contribution in [0.4, 0.5) is 26.7 Å². The highest BCUT2D eigenvalue weighted by Gasteiger charge is 2.38. The summed E-state index contributed by atoms with van der Waals surface area (Å²) in [6.45, 7) is 7.30. The lowest BCUT2D eigenvalue weighted by atomic mass is 10.1. The quantitative estimate of drug-likeness (QED) is 0.403. The molecule has 1 aromatic heterocycles. The fraction of sp³-hybridized carbons (Fsp3) is 0.640. The van der Waals surface area contributed by atoms with Gasteiger partial charge in [-0.2, -0.15) is 23.1 Å². The highest BCUT2D eigenvalue weighted by atomic mass is 79.9. The van der Waals surface area contributed by atoms with E-state index in [0.29, 0.717) is 18.7 Å². The van der Waals surface area contributed by atoms with Crippen molar-refractivity contribution in [1.82, 2.24) is 19.8 Å². The Morgan fingerprint density at radius 3 is 2.44 bits per heavy atom. The summed E-state index contributed by atoms with van der Waals surface area (Å²) in [5.41, 5.74) is -2.28. The number of halogens is 6. The molecular formula is C25H30BrF5N4O4. The molecule has 2 unspecified atom stereocenters. The van der Waals surface area contributed by atoms with Gasteiger partial charge in [0, 0.05) is 12.6 Å². The number of alkyl halides is 4. The van der Waals surface area contributed by atoms with Crippen molar-refractivity contribution in [3.63, 3.8) is 0 Å². The number of benzene rings is 1. The molecule has 1 amide bonds. The van der Waals surface area contributed by atoms with Crippen LogP contribution in [0.15, 0.2) is 10.5 Å². The van der Waals surface area contributed by atoms with E-state index in [-0.39, 0.29) is 35.9 Å². The lowest BCUT2D eigenvalue weighted by Crippen LogP contribution is -2.57. The smallest absolute Gasteiger partial charge is 0.417 e. The molecule has 0 radical (unpaired) electrons. The normalized spacial score (nSPS) is 21.7. The second-order valence-corrected chi connectivity index (χ2v) is 11.5. The van der Waals surface area contributed by atoms with Crippen molar-refractivity contribution in [2.75, 3.05) is 33.3 Å². The van der Waals surface area contributed by atoms with E-state index in [1.165, 1.54) is 24.9 Å². The van der Waals surface area contributed by atoms with Crippen LogP contribution < -0.4 is 9.47 Å². The molecule has 3 fully saturated rings. The summed E-state index contributed by atoms with van der Waals surface area (Å²) in [4.78, 5) is 23.4. The second kappa shape index (κ2) is 11.2. The van der Waals surface area contributed by atoms with Gasteiger partial charge in [0.2, 0.25) is 5.88 Å². The van der Waals surface area contributed by atoms with Crippen molar-refractivity contribution in [3.05, 3.63) is 21.9 Å². The lowest BCUT2D eigenvalue weighted by Gasteiger charge is -2.39. The van der Waals surface area contributed by atoms with Gasteiger partial charge in [-0.25, -0.2) is 13.6 Å². The zero-order valence-corrected chi connectivity index (χ0v) is 23.5. The lowest BCUT2D eigenvalue weighted by molar-refractivity contribution is -0.138. The first-order valence-corrected chi connectivity index (χ1v) is 13.3. The molecule has 3 aliphatic rings. The zero-order valence-electron chi connectivity index (χ0n) is 21.9. The second-order valence-electron chi connectivity index (χ2n) is 10.7. The predicted molar refractivity (Wildman–Crippen MR) is 135 cm³/mol. The molecule has 39 heavy (non-hydrogen) atoms. The summed E-state index contributed by atoms with van der Waals surface area (Å²) in [5.74, 6) is -1.49. The Kier molecular flexibility index (Phi) is 8.46. The van der Waals surface area contributed by atoms with Crippen molar-refractivity contribution in [3.8, 4) is 11.9 Å². The summed E-state index contributed by atoms with van der Waals surface area (Å²) in [7, 11) is 1.23. The number of hydrogen-bond acceptors (Lipinski definition) is 7. The Morgan fingerprint density at radius 1 is 1.15 bits per heavy atom. The van der Waals surface area contributed by atoms with Crippen LogP contribution >= 0.6 is 15.9 Å². The largest absolute Gasteiger partial charge is 0.470 e. The van der Waals surface area contributed by atoms with Gasteiger partial charge in [-0.05, 0) is 68.6 Å². The minimum absolute atomic E-state index is 0.133. The van der Waals surface area contributed by atoms with Crippen LogP contribution in [0.3, 0.4) is 0 Å². The van der Waals surface area contributed by atoms with Crippen LogP contribution in [0.2, 0.25) is 0 Å². The maximum absolute atomic E-state index is 14.6. The van der Waals surface area contributed by atoms with Gasteiger partial charge in [-0.1, -0.05) is 0 Å². The Balaban J connectivity index is 0.000000327. The highest BCUT2D eigenvalue weighted by molar-refractivity contribution is 9.10. The zero-order chi connectivity index (χ0) is 28.7. The number of amides is 1. The molecule has 4 heterocycles. The number of rotatable bonds is 3. The van der Waals surface area contributed by atoms with Gasteiger partial charge in [0.05, 0.1) is 35.6 Å². The van der Waals surface area contributed by atoms with E-state index in [1.807, 2.05) is 0 Å². The van der Waals surface area contributed by atoms with E-state index in [9.17, 15) is 26.7 Å². The number of aromatic nitrogens is 2. The molecule has 14 heteroatoms. The minimum atomic E-state index is -4.81. The summed E-state index contributed by atoms with van der Waals surface area (Å²) >= 11 is 2.64. The van der Waals surface area contributed by atoms with Crippen molar-refractivity contribution < 1.29 is 41.0 Å². The van der Waals surface area contributed by atoms with E-state index in [0.717, 1.165) is 13.0 Å². The third-order valence-corrected chi connectivity index (χ3v) is 7.32. The molecule has 0 N–H and O–H groups in total.